The average Bonchev–Trinajstić information content (AvgIpc) is 3.28. The number of benzene rings is 3. The minimum atomic E-state index is -0.364. The molecule has 3 aromatic carbocycles. The Balaban J connectivity index is 1.38. The number of thioether (sulfide) groups is 1. The van der Waals surface area contributed by atoms with E-state index >= 15 is 0 Å². The Morgan fingerprint density at radius 1 is 1.00 bits per heavy atom. The maximum absolute atomic E-state index is 13.0. The Hall–Kier alpha value is -3.36. The molecule has 1 aliphatic heterocycles. The number of anilines is 2. The van der Waals surface area contributed by atoms with Crippen LogP contribution in [0.1, 0.15) is 12.5 Å². The van der Waals surface area contributed by atoms with Crippen molar-refractivity contribution in [2.45, 2.75) is 24.3 Å². The van der Waals surface area contributed by atoms with Crippen LogP contribution >= 0.6 is 11.8 Å². The second kappa shape index (κ2) is 9.87. The van der Waals surface area contributed by atoms with E-state index in [9.17, 15) is 4.79 Å². The Morgan fingerprint density at radius 3 is 2.50 bits per heavy atom. The summed E-state index contributed by atoms with van der Waals surface area (Å²) in [5, 5.41) is 14.6. The van der Waals surface area contributed by atoms with E-state index in [1.165, 1.54) is 17.3 Å². The van der Waals surface area contributed by atoms with E-state index in [2.05, 4.69) is 57.7 Å². The van der Waals surface area contributed by atoms with Crippen LogP contribution in [0.5, 0.6) is 0 Å². The van der Waals surface area contributed by atoms with Gasteiger partial charge < -0.3 is 15.0 Å². The Morgan fingerprint density at radius 2 is 1.74 bits per heavy atom. The lowest BCUT2D eigenvalue weighted by atomic mass is 10.1. The number of nitrogens with one attached hydrogen (secondary N) is 1. The van der Waals surface area contributed by atoms with Gasteiger partial charge in [-0.2, -0.15) is 0 Å². The van der Waals surface area contributed by atoms with Gasteiger partial charge in [0.2, 0.25) is 11.9 Å². The first-order chi connectivity index (χ1) is 16.6. The number of aromatic nitrogens is 3. The number of hydrogen-bond donors (Lipinski definition) is 1. The summed E-state index contributed by atoms with van der Waals surface area (Å²) >= 11 is 1.40. The van der Waals surface area contributed by atoms with Crippen molar-refractivity contribution in [3.05, 3.63) is 72.3 Å². The van der Waals surface area contributed by atoms with Crippen LogP contribution in [-0.2, 0) is 9.53 Å². The number of carbonyl (C=O) groups is 1. The third-order valence-corrected chi connectivity index (χ3v) is 6.91. The number of morpholine rings is 1. The van der Waals surface area contributed by atoms with E-state index in [0.717, 1.165) is 41.2 Å². The molecule has 0 saturated carbocycles. The summed E-state index contributed by atoms with van der Waals surface area (Å²) in [7, 11) is 0. The fourth-order valence-corrected chi connectivity index (χ4v) is 4.81. The van der Waals surface area contributed by atoms with E-state index in [1.54, 1.807) is 0 Å². The van der Waals surface area contributed by atoms with Gasteiger partial charge in [-0.25, -0.2) is 0 Å². The maximum atomic E-state index is 13.0. The summed E-state index contributed by atoms with van der Waals surface area (Å²) in [5.41, 5.74) is 2.94. The van der Waals surface area contributed by atoms with Gasteiger partial charge in [0.05, 0.1) is 24.2 Å². The summed E-state index contributed by atoms with van der Waals surface area (Å²) in [6, 6.07) is 22.3. The number of carbonyl (C=O) groups excluding carboxylic acids is 1. The number of fused-ring (bicyclic) bond motifs is 1. The Bertz CT molecular complexity index is 1300. The highest BCUT2D eigenvalue weighted by Crippen LogP contribution is 2.30. The molecule has 1 aliphatic rings. The highest BCUT2D eigenvalue weighted by atomic mass is 32.2. The largest absolute Gasteiger partial charge is 0.378 e. The molecular formula is C26H27N5O2S. The molecule has 1 atom stereocenters. The molecule has 0 bridgehead atoms. The van der Waals surface area contributed by atoms with Gasteiger partial charge in [-0.15, -0.1) is 10.2 Å². The first-order valence-corrected chi connectivity index (χ1v) is 12.3. The lowest BCUT2D eigenvalue weighted by Crippen LogP contribution is -2.38. The summed E-state index contributed by atoms with van der Waals surface area (Å²) in [6.07, 6.45) is 0. The van der Waals surface area contributed by atoms with Gasteiger partial charge in [-0.05, 0) is 48.9 Å². The first-order valence-electron chi connectivity index (χ1n) is 11.4. The molecule has 1 N–H and O–H groups in total. The van der Waals surface area contributed by atoms with Crippen LogP contribution in [0.2, 0.25) is 0 Å². The topological polar surface area (TPSA) is 72.3 Å². The molecule has 4 aromatic rings. The monoisotopic (exact) mass is 473 g/mol. The number of hydrogen-bond acceptors (Lipinski definition) is 6. The number of nitrogens with zero attached hydrogens (tertiary/aromatic N) is 4. The van der Waals surface area contributed by atoms with Crippen LogP contribution in [0, 0.1) is 6.92 Å². The molecule has 0 aliphatic carbocycles. The summed E-state index contributed by atoms with van der Waals surface area (Å²) in [6.45, 7) is 6.79. The fourth-order valence-electron chi connectivity index (χ4n) is 3.95. The minimum absolute atomic E-state index is 0.0772. The third kappa shape index (κ3) is 4.78. The minimum Gasteiger partial charge on any atom is -0.378 e. The van der Waals surface area contributed by atoms with Gasteiger partial charge in [0, 0.05) is 18.8 Å². The first kappa shape index (κ1) is 22.4. The molecule has 8 heteroatoms. The van der Waals surface area contributed by atoms with Crippen molar-refractivity contribution < 1.29 is 9.53 Å². The van der Waals surface area contributed by atoms with Crippen molar-refractivity contribution >= 4 is 40.1 Å². The SMILES string of the molecule is Cc1ccc(-n2c(SC(C)C(=O)Nc3ccc4ccccc4c3)nnc2N2CCOCC2)cc1. The molecule has 1 amide bonds. The van der Waals surface area contributed by atoms with Crippen LogP contribution in [0.25, 0.3) is 16.5 Å². The van der Waals surface area contributed by atoms with Crippen molar-refractivity contribution in [3.63, 3.8) is 0 Å². The second-order valence-electron chi connectivity index (χ2n) is 8.36. The molecule has 0 spiro atoms. The van der Waals surface area contributed by atoms with Gasteiger partial charge >= 0.3 is 0 Å². The zero-order valence-corrected chi connectivity index (χ0v) is 20.1. The number of rotatable bonds is 6. The highest BCUT2D eigenvalue weighted by Gasteiger charge is 2.25. The summed E-state index contributed by atoms with van der Waals surface area (Å²) in [4.78, 5) is 15.2. The standard InChI is InChI=1S/C26H27N5O2S/c1-18-7-11-23(12-8-18)31-25(30-13-15-33-16-14-30)28-29-26(31)34-19(2)24(32)27-22-10-9-20-5-3-4-6-21(20)17-22/h3-12,17,19H,13-16H2,1-2H3,(H,27,32). The molecule has 1 unspecified atom stereocenters. The average molecular weight is 474 g/mol. The van der Waals surface area contributed by atoms with Crippen LogP contribution in [0.15, 0.2) is 71.9 Å². The zero-order valence-electron chi connectivity index (χ0n) is 19.3. The van der Waals surface area contributed by atoms with Crippen LogP contribution in [0.3, 0.4) is 0 Å². The summed E-state index contributed by atoms with van der Waals surface area (Å²) < 4.78 is 7.55. The molecule has 0 radical (unpaired) electrons. The van der Waals surface area contributed by atoms with Gasteiger partial charge in [0.25, 0.3) is 0 Å². The second-order valence-corrected chi connectivity index (χ2v) is 9.67. The van der Waals surface area contributed by atoms with Crippen molar-refractivity contribution in [1.29, 1.82) is 0 Å². The highest BCUT2D eigenvalue weighted by molar-refractivity contribution is 8.00. The number of aryl methyl sites for hydroxylation is 1. The van der Waals surface area contributed by atoms with Gasteiger partial charge in [0.1, 0.15) is 0 Å². The molecular weight excluding hydrogens is 446 g/mol. The molecule has 7 nitrogen and oxygen atoms in total. The quantitative estimate of drug-likeness (QED) is 0.410. The van der Waals surface area contributed by atoms with Crippen molar-refractivity contribution in [2.24, 2.45) is 0 Å². The molecule has 2 heterocycles. The van der Waals surface area contributed by atoms with Gasteiger partial charge in [0.15, 0.2) is 5.16 Å². The van der Waals surface area contributed by atoms with Crippen LogP contribution in [0.4, 0.5) is 11.6 Å². The smallest absolute Gasteiger partial charge is 0.237 e. The predicted octanol–water partition coefficient (Wildman–Crippen LogP) is 4.68. The van der Waals surface area contributed by atoms with Crippen LogP contribution in [-0.4, -0.2) is 52.2 Å². The number of amides is 1. The normalized spacial score (nSPS) is 14.8. The van der Waals surface area contributed by atoms with E-state index in [-0.39, 0.29) is 11.2 Å². The van der Waals surface area contributed by atoms with E-state index in [1.807, 2.05) is 47.9 Å². The molecule has 5 rings (SSSR count). The van der Waals surface area contributed by atoms with Crippen molar-refractivity contribution in [2.75, 3.05) is 36.5 Å². The van der Waals surface area contributed by atoms with E-state index < -0.39 is 0 Å². The van der Waals surface area contributed by atoms with Gasteiger partial charge in [-0.1, -0.05) is 59.8 Å². The lowest BCUT2D eigenvalue weighted by molar-refractivity contribution is -0.115. The summed E-state index contributed by atoms with van der Waals surface area (Å²) in [5.74, 6) is 0.698. The Kier molecular flexibility index (Phi) is 6.51. The number of ether oxygens (including phenoxy) is 1. The van der Waals surface area contributed by atoms with Crippen molar-refractivity contribution in [1.82, 2.24) is 14.8 Å². The Labute approximate surface area is 203 Å². The van der Waals surface area contributed by atoms with Gasteiger partial charge in [-0.3, -0.25) is 9.36 Å². The van der Waals surface area contributed by atoms with Crippen molar-refractivity contribution in [3.8, 4) is 5.69 Å². The maximum Gasteiger partial charge on any atom is 0.237 e. The molecule has 1 aromatic heterocycles. The lowest BCUT2D eigenvalue weighted by Gasteiger charge is -2.28. The predicted molar refractivity (Wildman–Crippen MR) is 137 cm³/mol. The van der Waals surface area contributed by atoms with E-state index in [4.69, 9.17) is 4.74 Å². The fraction of sp³-hybridized carbons (Fsp3) is 0.269. The zero-order chi connectivity index (χ0) is 23.5. The third-order valence-electron chi connectivity index (χ3n) is 5.87. The van der Waals surface area contributed by atoms with Crippen LogP contribution < -0.4 is 10.2 Å². The van der Waals surface area contributed by atoms with E-state index in [0.29, 0.717) is 18.4 Å². The molecule has 174 valence electrons. The molecule has 1 fully saturated rings. The molecule has 34 heavy (non-hydrogen) atoms. The molecule has 1 saturated heterocycles.